The van der Waals surface area contributed by atoms with Crippen LogP contribution in [0.25, 0.3) is 0 Å². The number of hydrogen-bond acceptors (Lipinski definition) is 5. The van der Waals surface area contributed by atoms with Crippen LogP contribution in [0.5, 0.6) is 11.5 Å². The molecule has 2 heterocycles. The number of benzene rings is 1. The van der Waals surface area contributed by atoms with Gasteiger partial charge in [0.05, 0.1) is 11.7 Å². The third kappa shape index (κ3) is 2.39. The van der Waals surface area contributed by atoms with E-state index in [9.17, 15) is 0 Å². The molecule has 2 aromatic rings. The first-order chi connectivity index (χ1) is 9.69. The Kier molecular flexibility index (Phi) is 3.63. The molecule has 1 atom stereocenters. The van der Waals surface area contributed by atoms with Crippen molar-refractivity contribution in [2.24, 2.45) is 5.73 Å². The fourth-order valence-corrected chi connectivity index (χ4v) is 3.35. The maximum Gasteiger partial charge on any atom is 0.161 e. The number of thiazole rings is 1. The van der Waals surface area contributed by atoms with Crippen LogP contribution in [0.2, 0.25) is 0 Å². The normalized spacial score (nSPS) is 15.2. The molecular weight excluding hydrogens is 272 g/mol. The van der Waals surface area contributed by atoms with Gasteiger partial charge in [-0.3, -0.25) is 0 Å². The number of hydrogen-bond donors (Lipinski definition) is 1. The SMILES string of the molecule is CCc1nc(C(N)c2ccc3c(c2)OCCO3)sc1C. The lowest BCUT2D eigenvalue weighted by molar-refractivity contribution is 0.171. The summed E-state index contributed by atoms with van der Waals surface area (Å²) in [6.45, 7) is 5.39. The fourth-order valence-electron chi connectivity index (χ4n) is 2.31. The molecule has 4 nitrogen and oxygen atoms in total. The second kappa shape index (κ2) is 5.42. The van der Waals surface area contributed by atoms with Crippen LogP contribution >= 0.6 is 11.3 Å². The van der Waals surface area contributed by atoms with E-state index in [0.29, 0.717) is 13.2 Å². The highest BCUT2D eigenvalue weighted by molar-refractivity contribution is 7.11. The summed E-state index contributed by atoms with van der Waals surface area (Å²) in [6, 6.07) is 5.65. The summed E-state index contributed by atoms with van der Waals surface area (Å²) in [4.78, 5) is 5.88. The van der Waals surface area contributed by atoms with Crippen LogP contribution in [0.1, 0.15) is 34.1 Å². The molecule has 1 aliphatic heterocycles. The molecular formula is C15H18N2O2S. The maximum absolute atomic E-state index is 6.34. The Morgan fingerprint density at radius 2 is 2.05 bits per heavy atom. The monoisotopic (exact) mass is 290 g/mol. The van der Waals surface area contributed by atoms with Gasteiger partial charge < -0.3 is 15.2 Å². The number of ether oxygens (including phenoxy) is 2. The van der Waals surface area contributed by atoms with Gasteiger partial charge in [0.15, 0.2) is 11.5 Å². The first-order valence-electron chi connectivity index (χ1n) is 6.80. The van der Waals surface area contributed by atoms with Gasteiger partial charge in [-0.25, -0.2) is 4.98 Å². The molecule has 1 aromatic carbocycles. The Labute approximate surface area is 122 Å². The van der Waals surface area contributed by atoms with E-state index < -0.39 is 0 Å². The van der Waals surface area contributed by atoms with Crippen LogP contribution < -0.4 is 15.2 Å². The van der Waals surface area contributed by atoms with Gasteiger partial charge in [-0.05, 0) is 31.0 Å². The lowest BCUT2D eigenvalue weighted by atomic mass is 10.1. The Balaban J connectivity index is 1.91. The summed E-state index contributed by atoms with van der Waals surface area (Å²) in [7, 11) is 0. The number of rotatable bonds is 3. The van der Waals surface area contributed by atoms with Crippen LogP contribution in [-0.4, -0.2) is 18.2 Å². The van der Waals surface area contributed by atoms with E-state index in [4.69, 9.17) is 15.2 Å². The molecule has 0 saturated heterocycles. The molecule has 2 N–H and O–H groups in total. The van der Waals surface area contributed by atoms with E-state index in [2.05, 4.69) is 18.8 Å². The first-order valence-corrected chi connectivity index (χ1v) is 7.62. The summed E-state index contributed by atoms with van der Waals surface area (Å²) in [5.74, 6) is 1.56. The Morgan fingerprint density at radius 1 is 1.30 bits per heavy atom. The predicted molar refractivity (Wildman–Crippen MR) is 79.7 cm³/mol. The molecule has 0 saturated carbocycles. The highest BCUT2D eigenvalue weighted by atomic mass is 32.1. The van der Waals surface area contributed by atoms with Gasteiger partial charge in [-0.2, -0.15) is 0 Å². The van der Waals surface area contributed by atoms with Crippen molar-refractivity contribution in [3.63, 3.8) is 0 Å². The molecule has 0 fully saturated rings. The van der Waals surface area contributed by atoms with Crippen LogP contribution in [0.15, 0.2) is 18.2 Å². The number of aromatic nitrogens is 1. The molecule has 0 radical (unpaired) electrons. The minimum absolute atomic E-state index is 0.213. The van der Waals surface area contributed by atoms with Gasteiger partial charge >= 0.3 is 0 Å². The van der Waals surface area contributed by atoms with Crippen LogP contribution in [0.3, 0.4) is 0 Å². The van der Waals surface area contributed by atoms with Crippen molar-refractivity contribution in [1.29, 1.82) is 0 Å². The van der Waals surface area contributed by atoms with E-state index in [-0.39, 0.29) is 6.04 Å². The molecule has 20 heavy (non-hydrogen) atoms. The second-order valence-electron chi connectivity index (χ2n) is 4.79. The average molecular weight is 290 g/mol. The Hall–Kier alpha value is -1.59. The predicted octanol–water partition coefficient (Wildman–Crippen LogP) is 2.83. The first kappa shape index (κ1) is 13.4. The second-order valence-corrected chi connectivity index (χ2v) is 6.02. The molecule has 0 aliphatic carbocycles. The van der Waals surface area contributed by atoms with Crippen molar-refractivity contribution in [2.45, 2.75) is 26.3 Å². The zero-order valence-corrected chi connectivity index (χ0v) is 12.5. The lowest BCUT2D eigenvalue weighted by Gasteiger charge is -2.20. The minimum atomic E-state index is -0.213. The molecule has 1 aromatic heterocycles. The number of nitrogens with zero attached hydrogens (tertiary/aromatic N) is 1. The molecule has 106 valence electrons. The Bertz CT molecular complexity index is 624. The zero-order chi connectivity index (χ0) is 14.1. The van der Waals surface area contributed by atoms with Gasteiger partial charge in [0.1, 0.15) is 18.2 Å². The third-order valence-corrected chi connectivity index (χ3v) is 4.53. The van der Waals surface area contributed by atoms with Crippen LogP contribution in [0, 0.1) is 6.92 Å². The molecule has 0 spiro atoms. The number of nitrogens with two attached hydrogens (primary N) is 1. The standard InChI is InChI=1S/C15H18N2O2S/c1-3-11-9(2)20-15(17-11)14(16)10-4-5-12-13(8-10)19-7-6-18-12/h4-5,8,14H,3,6-7,16H2,1-2H3. The van der Waals surface area contributed by atoms with Crippen molar-refractivity contribution < 1.29 is 9.47 Å². The quantitative estimate of drug-likeness (QED) is 0.944. The number of aryl methyl sites for hydroxylation is 2. The van der Waals surface area contributed by atoms with E-state index >= 15 is 0 Å². The average Bonchev–Trinajstić information content (AvgIpc) is 2.87. The fraction of sp³-hybridized carbons (Fsp3) is 0.400. The minimum Gasteiger partial charge on any atom is -0.486 e. The van der Waals surface area contributed by atoms with Crippen molar-refractivity contribution in [2.75, 3.05) is 13.2 Å². The highest BCUT2D eigenvalue weighted by Crippen LogP contribution is 2.34. The van der Waals surface area contributed by atoms with Gasteiger partial charge in [0.25, 0.3) is 0 Å². The molecule has 0 bridgehead atoms. The van der Waals surface area contributed by atoms with Gasteiger partial charge in [0, 0.05) is 4.88 Å². The van der Waals surface area contributed by atoms with Crippen molar-refractivity contribution in [3.05, 3.63) is 39.3 Å². The largest absolute Gasteiger partial charge is 0.486 e. The van der Waals surface area contributed by atoms with Gasteiger partial charge in [-0.1, -0.05) is 13.0 Å². The molecule has 1 aliphatic rings. The van der Waals surface area contributed by atoms with Crippen LogP contribution in [-0.2, 0) is 6.42 Å². The Morgan fingerprint density at radius 3 is 2.75 bits per heavy atom. The molecule has 3 rings (SSSR count). The summed E-state index contributed by atoms with van der Waals surface area (Å²) in [6.07, 6.45) is 0.941. The third-order valence-electron chi connectivity index (χ3n) is 3.44. The van der Waals surface area contributed by atoms with E-state index in [1.807, 2.05) is 18.2 Å². The molecule has 5 heteroatoms. The van der Waals surface area contributed by atoms with Crippen molar-refractivity contribution in [1.82, 2.24) is 4.98 Å². The lowest BCUT2D eigenvalue weighted by Crippen LogP contribution is -2.17. The van der Waals surface area contributed by atoms with Crippen molar-refractivity contribution in [3.8, 4) is 11.5 Å². The van der Waals surface area contributed by atoms with Crippen LogP contribution in [0.4, 0.5) is 0 Å². The van der Waals surface area contributed by atoms with Gasteiger partial charge in [-0.15, -0.1) is 11.3 Å². The highest BCUT2D eigenvalue weighted by Gasteiger charge is 2.18. The van der Waals surface area contributed by atoms with E-state index in [1.165, 1.54) is 4.88 Å². The zero-order valence-electron chi connectivity index (χ0n) is 11.7. The smallest absolute Gasteiger partial charge is 0.161 e. The topological polar surface area (TPSA) is 57.4 Å². The molecule has 0 amide bonds. The summed E-state index contributed by atoms with van der Waals surface area (Å²) >= 11 is 1.67. The maximum atomic E-state index is 6.34. The summed E-state index contributed by atoms with van der Waals surface area (Å²) in [5, 5.41) is 0.955. The van der Waals surface area contributed by atoms with E-state index in [1.54, 1.807) is 11.3 Å². The van der Waals surface area contributed by atoms with Crippen molar-refractivity contribution >= 4 is 11.3 Å². The number of fused-ring (bicyclic) bond motifs is 1. The summed E-state index contributed by atoms with van der Waals surface area (Å²) in [5.41, 5.74) is 8.48. The van der Waals surface area contributed by atoms with Gasteiger partial charge in [0.2, 0.25) is 0 Å². The van der Waals surface area contributed by atoms with E-state index in [0.717, 1.165) is 34.2 Å². The molecule has 1 unspecified atom stereocenters. The summed E-state index contributed by atoms with van der Waals surface area (Å²) < 4.78 is 11.1.